The lowest BCUT2D eigenvalue weighted by Crippen LogP contribution is -2.18. The Morgan fingerprint density at radius 3 is 2.80 bits per heavy atom. The maximum Gasteiger partial charge on any atom is 0.358 e. The predicted octanol–water partition coefficient (Wildman–Crippen LogP) is 1.89. The quantitative estimate of drug-likeness (QED) is 0.716. The average Bonchev–Trinajstić information content (AvgIpc) is 3.13. The summed E-state index contributed by atoms with van der Waals surface area (Å²) in [5.41, 5.74) is 2.13. The first-order valence-corrected chi connectivity index (χ1v) is 7.83. The van der Waals surface area contributed by atoms with Crippen molar-refractivity contribution in [2.24, 2.45) is 7.05 Å². The van der Waals surface area contributed by atoms with Gasteiger partial charge in [-0.3, -0.25) is 14.2 Å². The van der Waals surface area contributed by atoms with Crippen molar-refractivity contribution in [3.63, 3.8) is 0 Å². The number of para-hydroxylation sites is 1. The van der Waals surface area contributed by atoms with Crippen molar-refractivity contribution in [2.75, 3.05) is 12.4 Å². The Hall–Kier alpha value is -3.16. The van der Waals surface area contributed by atoms with Crippen molar-refractivity contribution in [1.82, 2.24) is 19.6 Å². The van der Waals surface area contributed by atoms with E-state index in [1.807, 2.05) is 24.3 Å². The molecule has 0 fully saturated rings. The van der Waals surface area contributed by atoms with Crippen molar-refractivity contribution >= 4 is 28.5 Å². The first-order chi connectivity index (χ1) is 12.0. The summed E-state index contributed by atoms with van der Waals surface area (Å²) in [5, 5.41) is 12.3. The summed E-state index contributed by atoms with van der Waals surface area (Å²) < 4.78 is 7.94. The summed E-state index contributed by atoms with van der Waals surface area (Å²) >= 11 is 0. The van der Waals surface area contributed by atoms with Gasteiger partial charge >= 0.3 is 5.97 Å². The van der Waals surface area contributed by atoms with Crippen molar-refractivity contribution in [3.05, 3.63) is 41.9 Å². The van der Waals surface area contributed by atoms with Gasteiger partial charge in [-0.25, -0.2) is 4.79 Å². The summed E-state index contributed by atoms with van der Waals surface area (Å²) in [4.78, 5) is 24.2. The van der Waals surface area contributed by atoms with E-state index in [2.05, 4.69) is 15.5 Å². The van der Waals surface area contributed by atoms with Crippen LogP contribution in [0.5, 0.6) is 0 Å². The Morgan fingerprint density at radius 1 is 1.28 bits per heavy atom. The molecule has 0 atom stereocenters. The van der Waals surface area contributed by atoms with E-state index in [9.17, 15) is 9.59 Å². The highest BCUT2D eigenvalue weighted by molar-refractivity contribution is 6.00. The monoisotopic (exact) mass is 341 g/mol. The van der Waals surface area contributed by atoms with E-state index >= 15 is 0 Å². The molecule has 3 aromatic rings. The fourth-order valence-corrected chi connectivity index (χ4v) is 2.75. The zero-order chi connectivity index (χ0) is 18.0. The minimum atomic E-state index is -0.545. The number of aromatic nitrogens is 4. The minimum absolute atomic E-state index is 0.220. The molecule has 1 aromatic carbocycles. The molecule has 2 aromatic heterocycles. The maximum atomic E-state index is 12.3. The van der Waals surface area contributed by atoms with E-state index in [1.165, 1.54) is 11.8 Å². The van der Waals surface area contributed by atoms with Gasteiger partial charge in [-0.1, -0.05) is 18.2 Å². The molecule has 0 aliphatic carbocycles. The lowest BCUT2D eigenvalue weighted by Gasteiger charge is -2.08. The Balaban J connectivity index is 1.72. The van der Waals surface area contributed by atoms with Gasteiger partial charge in [-0.15, -0.1) is 0 Å². The molecule has 0 saturated carbocycles. The second-order valence-electron chi connectivity index (χ2n) is 5.65. The number of aryl methyl sites for hydroxylation is 3. The van der Waals surface area contributed by atoms with Crippen LogP contribution >= 0.6 is 0 Å². The lowest BCUT2D eigenvalue weighted by molar-refractivity contribution is -0.116. The number of methoxy groups -OCH3 is 1. The summed E-state index contributed by atoms with van der Waals surface area (Å²) in [6.45, 7) is 2.16. The number of fused-ring (bicyclic) bond motifs is 1. The molecule has 130 valence electrons. The number of benzene rings is 1. The molecular formula is C17H19N5O3. The zero-order valence-corrected chi connectivity index (χ0v) is 14.3. The third-order valence-corrected chi connectivity index (χ3v) is 3.97. The molecule has 1 amide bonds. The molecule has 1 N–H and O–H groups in total. The van der Waals surface area contributed by atoms with Crippen molar-refractivity contribution in [1.29, 1.82) is 0 Å². The number of ether oxygens (including phenoxy) is 1. The van der Waals surface area contributed by atoms with Crippen LogP contribution in [0.4, 0.5) is 5.69 Å². The SMILES string of the molecule is COC(=O)c1c(NC(=O)CCn2ncc3ccccc32)c(C)nn1C. The smallest absolute Gasteiger partial charge is 0.358 e. The number of esters is 1. The highest BCUT2D eigenvalue weighted by Gasteiger charge is 2.22. The number of amides is 1. The second kappa shape index (κ2) is 6.76. The Labute approximate surface area is 144 Å². The highest BCUT2D eigenvalue weighted by atomic mass is 16.5. The molecule has 8 nitrogen and oxygen atoms in total. The normalized spacial score (nSPS) is 10.8. The second-order valence-corrected chi connectivity index (χ2v) is 5.65. The van der Waals surface area contributed by atoms with Gasteiger partial charge in [0.15, 0.2) is 5.69 Å². The van der Waals surface area contributed by atoms with Gasteiger partial charge in [0.05, 0.1) is 36.7 Å². The Morgan fingerprint density at radius 2 is 2.04 bits per heavy atom. The van der Waals surface area contributed by atoms with Crippen LogP contribution in [-0.4, -0.2) is 38.5 Å². The van der Waals surface area contributed by atoms with E-state index in [0.29, 0.717) is 17.9 Å². The van der Waals surface area contributed by atoms with Gasteiger partial charge in [0.1, 0.15) is 0 Å². The van der Waals surface area contributed by atoms with Gasteiger partial charge in [-0.05, 0) is 13.0 Å². The van der Waals surface area contributed by atoms with E-state index in [1.54, 1.807) is 24.9 Å². The first-order valence-electron chi connectivity index (χ1n) is 7.83. The Kier molecular flexibility index (Phi) is 4.51. The maximum absolute atomic E-state index is 12.3. The van der Waals surface area contributed by atoms with Gasteiger partial charge < -0.3 is 10.1 Å². The molecule has 3 rings (SSSR count). The first kappa shape index (κ1) is 16.7. The molecule has 2 heterocycles. The molecule has 0 saturated heterocycles. The number of nitrogens with one attached hydrogen (secondary N) is 1. The number of hydrogen-bond donors (Lipinski definition) is 1. The summed E-state index contributed by atoms with van der Waals surface area (Å²) in [7, 11) is 2.92. The van der Waals surface area contributed by atoms with Crippen LogP contribution in [0.1, 0.15) is 22.6 Å². The number of hydrogen-bond acceptors (Lipinski definition) is 5. The Bertz CT molecular complexity index is 941. The van der Waals surface area contributed by atoms with Crippen molar-refractivity contribution in [3.8, 4) is 0 Å². The largest absolute Gasteiger partial charge is 0.464 e. The highest BCUT2D eigenvalue weighted by Crippen LogP contribution is 2.21. The van der Waals surface area contributed by atoms with E-state index in [4.69, 9.17) is 4.74 Å². The fraction of sp³-hybridized carbons (Fsp3) is 0.294. The van der Waals surface area contributed by atoms with Crippen LogP contribution in [-0.2, 0) is 23.1 Å². The van der Waals surface area contributed by atoms with E-state index in [-0.39, 0.29) is 18.0 Å². The molecule has 0 aliphatic rings. The average molecular weight is 341 g/mol. The molecule has 0 spiro atoms. The third kappa shape index (κ3) is 3.23. The number of rotatable bonds is 5. The number of nitrogens with zero attached hydrogens (tertiary/aromatic N) is 4. The molecule has 0 aliphatic heterocycles. The van der Waals surface area contributed by atoms with Crippen LogP contribution in [0, 0.1) is 6.92 Å². The predicted molar refractivity (Wildman–Crippen MR) is 92.3 cm³/mol. The summed E-state index contributed by atoms with van der Waals surface area (Å²) in [6, 6.07) is 7.81. The summed E-state index contributed by atoms with van der Waals surface area (Å²) in [6.07, 6.45) is 1.99. The molecule has 0 unspecified atom stereocenters. The third-order valence-electron chi connectivity index (χ3n) is 3.97. The molecule has 8 heteroatoms. The number of carbonyl (C=O) groups excluding carboxylic acids is 2. The van der Waals surface area contributed by atoms with E-state index in [0.717, 1.165) is 10.9 Å². The van der Waals surface area contributed by atoms with Crippen LogP contribution in [0.25, 0.3) is 10.9 Å². The zero-order valence-electron chi connectivity index (χ0n) is 14.3. The van der Waals surface area contributed by atoms with E-state index < -0.39 is 5.97 Å². The van der Waals surface area contributed by atoms with Gasteiger partial charge in [0.25, 0.3) is 0 Å². The topological polar surface area (TPSA) is 91.0 Å². The fourth-order valence-electron chi connectivity index (χ4n) is 2.75. The standard InChI is InChI=1S/C17H19N5O3/c1-11-15(16(17(24)25-3)21(2)20-11)19-14(23)8-9-22-13-7-5-4-6-12(13)10-18-22/h4-7,10H,8-9H2,1-3H3,(H,19,23). The van der Waals surface area contributed by atoms with Gasteiger partial charge in [-0.2, -0.15) is 10.2 Å². The molecular weight excluding hydrogens is 322 g/mol. The molecule has 0 bridgehead atoms. The molecule has 25 heavy (non-hydrogen) atoms. The summed E-state index contributed by atoms with van der Waals surface area (Å²) in [5.74, 6) is -0.766. The van der Waals surface area contributed by atoms with Crippen molar-refractivity contribution in [2.45, 2.75) is 19.9 Å². The lowest BCUT2D eigenvalue weighted by atomic mass is 10.2. The van der Waals surface area contributed by atoms with Crippen LogP contribution in [0.15, 0.2) is 30.5 Å². The minimum Gasteiger partial charge on any atom is -0.464 e. The van der Waals surface area contributed by atoms with Crippen molar-refractivity contribution < 1.29 is 14.3 Å². The molecule has 0 radical (unpaired) electrons. The van der Waals surface area contributed by atoms with Crippen LogP contribution in [0.3, 0.4) is 0 Å². The van der Waals surface area contributed by atoms with Crippen LogP contribution < -0.4 is 5.32 Å². The number of carbonyl (C=O) groups is 2. The van der Waals surface area contributed by atoms with Gasteiger partial charge in [0.2, 0.25) is 5.91 Å². The van der Waals surface area contributed by atoms with Gasteiger partial charge in [0, 0.05) is 18.9 Å². The van der Waals surface area contributed by atoms with Crippen LogP contribution in [0.2, 0.25) is 0 Å². The number of anilines is 1.